The number of nitrogens with two attached hydrogens (primary N) is 1. The van der Waals surface area contributed by atoms with Gasteiger partial charge in [0, 0.05) is 13.3 Å². The second-order valence-corrected chi connectivity index (χ2v) is 6.10. The molecule has 0 bridgehead atoms. The van der Waals surface area contributed by atoms with Gasteiger partial charge in [-0.05, 0) is 17.5 Å². The minimum atomic E-state index is -1.02. The van der Waals surface area contributed by atoms with Crippen molar-refractivity contribution in [1.29, 1.82) is 0 Å². The second-order valence-electron chi connectivity index (χ2n) is 6.10. The van der Waals surface area contributed by atoms with E-state index in [0.717, 1.165) is 11.1 Å². The van der Waals surface area contributed by atoms with Gasteiger partial charge in [-0.3, -0.25) is 9.59 Å². The maximum atomic E-state index is 11.0. The number of benzene rings is 2. The highest BCUT2D eigenvalue weighted by molar-refractivity contribution is 5.82. The first-order valence-corrected chi connectivity index (χ1v) is 8.74. The molecule has 0 heterocycles. The maximum Gasteiger partial charge on any atom is 0.326 e. The van der Waals surface area contributed by atoms with Crippen molar-refractivity contribution in [2.75, 3.05) is 7.11 Å². The number of hydrogen-bond donors (Lipinski definition) is 3. The van der Waals surface area contributed by atoms with Crippen molar-refractivity contribution in [3.05, 3.63) is 71.8 Å². The van der Waals surface area contributed by atoms with Gasteiger partial charge in [-0.1, -0.05) is 60.7 Å². The number of carbonyl (C=O) groups excluding carboxylic acids is 2. The molecule has 0 spiro atoms. The number of methoxy groups -OCH3 is 1. The fourth-order valence-electron chi connectivity index (χ4n) is 2.40. The Morgan fingerprint density at radius 2 is 1.43 bits per heavy atom. The van der Waals surface area contributed by atoms with Gasteiger partial charge in [0.2, 0.25) is 5.91 Å². The molecule has 0 unspecified atom stereocenters. The quantitative estimate of drug-likeness (QED) is 0.621. The lowest BCUT2D eigenvalue weighted by molar-refractivity contribution is -0.142. The van der Waals surface area contributed by atoms with E-state index in [9.17, 15) is 14.4 Å². The number of carbonyl (C=O) groups is 3. The smallest absolute Gasteiger partial charge is 0.326 e. The highest BCUT2D eigenvalue weighted by Gasteiger charge is 2.18. The summed E-state index contributed by atoms with van der Waals surface area (Å²) in [6.45, 7) is 1.31. The SMILES string of the molecule is CC(=O)N[C@H](Cc1ccccc1)C(=O)O.COC(=O)[C@@H](N)Cc1ccccc1. The van der Waals surface area contributed by atoms with Crippen LogP contribution in [0.2, 0.25) is 0 Å². The molecule has 0 aliphatic rings. The number of carboxylic acid groups (broad SMARTS) is 1. The number of hydrogen-bond acceptors (Lipinski definition) is 5. The summed E-state index contributed by atoms with van der Waals surface area (Å²) in [5, 5.41) is 11.3. The lowest BCUT2D eigenvalue weighted by Crippen LogP contribution is -2.41. The van der Waals surface area contributed by atoms with Gasteiger partial charge in [-0.2, -0.15) is 0 Å². The number of esters is 1. The molecule has 7 heteroatoms. The Morgan fingerprint density at radius 1 is 0.964 bits per heavy atom. The average Bonchev–Trinajstić information content (AvgIpc) is 2.68. The molecule has 0 radical (unpaired) electrons. The molecule has 0 fully saturated rings. The maximum absolute atomic E-state index is 11.0. The summed E-state index contributed by atoms with van der Waals surface area (Å²) in [6.07, 6.45) is 0.823. The van der Waals surface area contributed by atoms with Gasteiger partial charge >= 0.3 is 11.9 Å². The van der Waals surface area contributed by atoms with Crippen molar-refractivity contribution in [2.45, 2.75) is 31.8 Å². The number of amides is 1. The predicted octanol–water partition coefficient (Wildman–Crippen LogP) is 1.55. The zero-order valence-corrected chi connectivity index (χ0v) is 16.0. The topological polar surface area (TPSA) is 119 Å². The van der Waals surface area contributed by atoms with E-state index in [0.29, 0.717) is 12.8 Å². The van der Waals surface area contributed by atoms with Crippen LogP contribution in [0.3, 0.4) is 0 Å². The summed E-state index contributed by atoms with van der Waals surface area (Å²) < 4.78 is 4.52. The van der Waals surface area contributed by atoms with Crippen molar-refractivity contribution in [3.8, 4) is 0 Å². The van der Waals surface area contributed by atoms with E-state index in [1.54, 1.807) is 0 Å². The van der Waals surface area contributed by atoms with Crippen molar-refractivity contribution >= 4 is 17.8 Å². The number of nitrogens with one attached hydrogen (secondary N) is 1. The molecule has 0 saturated heterocycles. The van der Waals surface area contributed by atoms with Crippen LogP contribution in [0.4, 0.5) is 0 Å². The molecule has 4 N–H and O–H groups in total. The molecule has 0 saturated carbocycles. The summed E-state index contributed by atoms with van der Waals surface area (Å²) >= 11 is 0. The van der Waals surface area contributed by atoms with Crippen LogP contribution in [0.1, 0.15) is 18.1 Å². The Labute approximate surface area is 164 Å². The Balaban J connectivity index is 0.000000283. The normalized spacial score (nSPS) is 12.0. The first-order chi connectivity index (χ1) is 13.3. The van der Waals surface area contributed by atoms with E-state index in [-0.39, 0.29) is 11.9 Å². The molecule has 1 amide bonds. The fraction of sp³-hybridized carbons (Fsp3) is 0.286. The summed E-state index contributed by atoms with van der Waals surface area (Å²) in [5.41, 5.74) is 7.51. The number of ether oxygens (including phenoxy) is 1. The highest BCUT2D eigenvalue weighted by atomic mass is 16.5. The summed E-state index contributed by atoms with van der Waals surface area (Å²) in [5.74, 6) is -1.73. The van der Waals surface area contributed by atoms with Gasteiger partial charge in [0.15, 0.2) is 0 Å². The molecule has 150 valence electrons. The Hall–Kier alpha value is -3.19. The zero-order valence-electron chi connectivity index (χ0n) is 16.0. The zero-order chi connectivity index (χ0) is 20.9. The third-order valence-electron chi connectivity index (χ3n) is 3.76. The molecule has 0 aliphatic carbocycles. The Kier molecular flexibility index (Phi) is 9.99. The average molecular weight is 386 g/mol. The summed E-state index contributed by atoms with van der Waals surface area (Å²) in [4.78, 5) is 32.6. The number of carboxylic acids is 1. The van der Waals surface area contributed by atoms with Crippen LogP contribution in [0.15, 0.2) is 60.7 Å². The summed E-state index contributed by atoms with van der Waals surface area (Å²) in [6, 6.07) is 17.4. The second kappa shape index (κ2) is 12.2. The van der Waals surface area contributed by atoms with Crippen molar-refractivity contribution in [1.82, 2.24) is 5.32 Å². The van der Waals surface area contributed by atoms with Crippen LogP contribution in [0.25, 0.3) is 0 Å². The molecule has 2 rings (SSSR count). The van der Waals surface area contributed by atoms with E-state index < -0.39 is 18.1 Å². The number of aliphatic carboxylic acids is 1. The van der Waals surface area contributed by atoms with Crippen LogP contribution in [0.5, 0.6) is 0 Å². The van der Waals surface area contributed by atoms with Crippen molar-refractivity contribution in [3.63, 3.8) is 0 Å². The molecule has 2 aromatic rings. The van der Waals surface area contributed by atoms with Gasteiger partial charge in [0.25, 0.3) is 0 Å². The Bertz CT molecular complexity index is 750. The minimum Gasteiger partial charge on any atom is -0.480 e. The lowest BCUT2D eigenvalue weighted by atomic mass is 10.1. The predicted molar refractivity (Wildman–Crippen MR) is 106 cm³/mol. The van der Waals surface area contributed by atoms with Gasteiger partial charge in [-0.25, -0.2) is 4.79 Å². The Morgan fingerprint density at radius 3 is 1.82 bits per heavy atom. The van der Waals surface area contributed by atoms with Gasteiger partial charge in [0.1, 0.15) is 12.1 Å². The van der Waals surface area contributed by atoms with Crippen LogP contribution >= 0.6 is 0 Å². The molecule has 0 aliphatic heterocycles. The molecule has 7 nitrogen and oxygen atoms in total. The third-order valence-corrected chi connectivity index (χ3v) is 3.76. The molecule has 0 aromatic heterocycles. The van der Waals surface area contributed by atoms with E-state index in [2.05, 4.69) is 10.1 Å². The van der Waals surface area contributed by atoms with E-state index in [4.69, 9.17) is 10.8 Å². The molecular formula is C21H26N2O5. The van der Waals surface area contributed by atoms with Crippen LogP contribution in [0, 0.1) is 0 Å². The van der Waals surface area contributed by atoms with Gasteiger partial charge in [0.05, 0.1) is 7.11 Å². The van der Waals surface area contributed by atoms with Gasteiger partial charge in [-0.15, -0.1) is 0 Å². The molecule has 2 aromatic carbocycles. The van der Waals surface area contributed by atoms with Crippen LogP contribution in [-0.4, -0.2) is 42.1 Å². The van der Waals surface area contributed by atoms with Crippen LogP contribution in [-0.2, 0) is 32.0 Å². The first kappa shape index (κ1) is 22.9. The third kappa shape index (κ3) is 8.95. The van der Waals surface area contributed by atoms with E-state index in [1.165, 1.54) is 14.0 Å². The number of rotatable bonds is 7. The standard InChI is InChI=1S/C11H13NO3.C10H13NO2/c1-8(13)12-10(11(14)15)7-9-5-3-2-4-6-9;1-13-10(12)9(11)7-8-5-3-2-4-6-8/h2-6,10H,7H2,1H3,(H,12,13)(H,14,15);2-6,9H,7,11H2,1H3/t10-;9-/m10/s1. The monoisotopic (exact) mass is 386 g/mol. The van der Waals surface area contributed by atoms with Crippen LogP contribution < -0.4 is 11.1 Å². The molecule has 28 heavy (non-hydrogen) atoms. The van der Waals surface area contributed by atoms with E-state index >= 15 is 0 Å². The van der Waals surface area contributed by atoms with Crippen molar-refractivity contribution < 1.29 is 24.2 Å². The highest BCUT2D eigenvalue weighted by Crippen LogP contribution is 2.03. The molecular weight excluding hydrogens is 360 g/mol. The minimum absolute atomic E-state index is 0.301. The van der Waals surface area contributed by atoms with Gasteiger partial charge < -0.3 is 20.9 Å². The fourth-order valence-corrected chi connectivity index (χ4v) is 2.40. The largest absolute Gasteiger partial charge is 0.480 e. The summed E-state index contributed by atoms with van der Waals surface area (Å²) in [7, 11) is 1.34. The lowest BCUT2D eigenvalue weighted by Gasteiger charge is -2.12. The van der Waals surface area contributed by atoms with Crippen molar-refractivity contribution in [2.24, 2.45) is 5.73 Å². The first-order valence-electron chi connectivity index (χ1n) is 8.74. The molecule has 2 atom stereocenters. The van der Waals surface area contributed by atoms with E-state index in [1.807, 2.05) is 60.7 Å².